The molecule has 6 heteroatoms. The summed E-state index contributed by atoms with van der Waals surface area (Å²) in [5, 5.41) is 2.62. The number of carbonyl (C=O) groups excluding carboxylic acids is 1. The van der Waals surface area contributed by atoms with Crippen LogP contribution in [0.5, 0.6) is 11.6 Å². The van der Waals surface area contributed by atoms with Crippen molar-refractivity contribution in [2.75, 3.05) is 5.32 Å². The number of carbonyl (C=O) groups is 1. The molecule has 1 amide bonds. The third-order valence-corrected chi connectivity index (χ3v) is 2.62. The van der Waals surface area contributed by atoms with Crippen LogP contribution >= 0.6 is 15.9 Å². The number of nitrogens with one attached hydrogen (secondary N) is 1. The summed E-state index contributed by atoms with van der Waals surface area (Å²) in [5.41, 5.74) is 0. The number of hydrogen-bond donors (Lipinski definition) is 1. The van der Waals surface area contributed by atoms with Crippen molar-refractivity contribution in [1.29, 1.82) is 0 Å². The summed E-state index contributed by atoms with van der Waals surface area (Å²) in [6.45, 7) is 1.73. The number of ether oxygens (including phenoxy) is 1. The quantitative estimate of drug-likeness (QED) is 0.879. The zero-order valence-corrected chi connectivity index (χ0v) is 11.8. The number of nitrogens with zero attached hydrogens (tertiary/aromatic N) is 2. The lowest BCUT2D eigenvalue weighted by molar-refractivity contribution is -0.115. The smallest absolute Gasteiger partial charge is 0.239 e. The number of alkyl halides is 1. The number of hydrogen-bond acceptors (Lipinski definition) is 4. The summed E-state index contributed by atoms with van der Waals surface area (Å²) in [6.07, 6.45) is 2.91. The molecule has 1 N–H and O–H groups in total. The van der Waals surface area contributed by atoms with E-state index in [1.807, 2.05) is 30.3 Å². The second-order valence-electron chi connectivity index (χ2n) is 3.76. The van der Waals surface area contributed by atoms with Crippen molar-refractivity contribution in [3.05, 3.63) is 42.7 Å². The van der Waals surface area contributed by atoms with Crippen LogP contribution in [0.3, 0.4) is 0 Å². The minimum atomic E-state index is -0.283. The molecular weight excluding hydrogens is 310 g/mol. The van der Waals surface area contributed by atoms with Gasteiger partial charge in [0.2, 0.25) is 11.8 Å². The Morgan fingerprint density at radius 2 is 2.00 bits per heavy atom. The monoisotopic (exact) mass is 321 g/mol. The molecule has 2 aromatic rings. The Hall–Kier alpha value is -1.95. The van der Waals surface area contributed by atoms with Crippen molar-refractivity contribution >= 4 is 27.7 Å². The fraction of sp³-hybridized carbons (Fsp3) is 0.154. The Morgan fingerprint density at radius 1 is 1.26 bits per heavy atom. The minimum Gasteiger partial charge on any atom is -0.438 e. The van der Waals surface area contributed by atoms with E-state index in [9.17, 15) is 4.79 Å². The van der Waals surface area contributed by atoms with Gasteiger partial charge in [0.05, 0.1) is 17.2 Å². The van der Waals surface area contributed by atoms with Crippen LogP contribution in [0.25, 0.3) is 0 Å². The van der Waals surface area contributed by atoms with Crippen molar-refractivity contribution < 1.29 is 9.53 Å². The van der Waals surface area contributed by atoms with Gasteiger partial charge in [0.15, 0.2) is 5.82 Å². The molecule has 0 fully saturated rings. The average molecular weight is 322 g/mol. The SMILES string of the molecule is CC(Br)C(=O)Nc1cnc(Oc2ccccc2)cn1. The molecule has 1 aromatic carbocycles. The van der Waals surface area contributed by atoms with Gasteiger partial charge in [-0.1, -0.05) is 34.1 Å². The summed E-state index contributed by atoms with van der Waals surface area (Å²) in [7, 11) is 0. The van der Waals surface area contributed by atoms with Gasteiger partial charge in [-0.3, -0.25) is 4.79 Å². The highest BCUT2D eigenvalue weighted by Crippen LogP contribution is 2.18. The third kappa shape index (κ3) is 4.03. The number of rotatable bonds is 4. The van der Waals surface area contributed by atoms with Gasteiger partial charge in [-0.2, -0.15) is 0 Å². The summed E-state index contributed by atoms with van der Waals surface area (Å²) in [5.74, 6) is 1.27. The molecule has 0 bridgehead atoms. The number of benzene rings is 1. The van der Waals surface area contributed by atoms with Gasteiger partial charge in [0.1, 0.15) is 5.75 Å². The highest BCUT2D eigenvalue weighted by molar-refractivity contribution is 9.10. The van der Waals surface area contributed by atoms with E-state index in [1.165, 1.54) is 12.4 Å². The van der Waals surface area contributed by atoms with Crippen LogP contribution in [0.4, 0.5) is 5.82 Å². The Morgan fingerprint density at radius 3 is 2.58 bits per heavy atom. The molecule has 1 atom stereocenters. The van der Waals surface area contributed by atoms with Crippen LogP contribution in [-0.4, -0.2) is 20.7 Å². The minimum absolute atomic E-state index is 0.175. The van der Waals surface area contributed by atoms with E-state index in [0.717, 1.165) is 0 Å². The van der Waals surface area contributed by atoms with Crippen LogP contribution in [0, 0.1) is 0 Å². The standard InChI is InChI=1S/C13H12BrN3O2/c1-9(14)13(18)17-11-7-16-12(8-15-11)19-10-5-3-2-4-6-10/h2-9H,1H3,(H,15,17,18). The van der Waals surface area contributed by atoms with Crippen molar-refractivity contribution in [3.63, 3.8) is 0 Å². The maximum atomic E-state index is 11.4. The first-order valence-corrected chi connectivity index (χ1v) is 6.56. The van der Waals surface area contributed by atoms with Crippen LogP contribution in [0.15, 0.2) is 42.7 Å². The number of para-hydroxylation sites is 1. The molecule has 0 aliphatic carbocycles. The Bertz CT molecular complexity index is 544. The molecule has 0 aliphatic rings. The Balaban J connectivity index is 2.01. The van der Waals surface area contributed by atoms with E-state index in [0.29, 0.717) is 17.4 Å². The molecule has 98 valence electrons. The lowest BCUT2D eigenvalue weighted by atomic mass is 10.3. The molecule has 0 radical (unpaired) electrons. The van der Waals surface area contributed by atoms with Gasteiger partial charge in [0.25, 0.3) is 0 Å². The first-order chi connectivity index (χ1) is 9.15. The normalized spacial score (nSPS) is 11.7. The zero-order valence-electron chi connectivity index (χ0n) is 10.2. The largest absolute Gasteiger partial charge is 0.438 e. The maximum Gasteiger partial charge on any atom is 0.239 e. The summed E-state index contributed by atoms with van der Waals surface area (Å²) < 4.78 is 5.49. The molecular formula is C13H12BrN3O2. The molecule has 0 spiro atoms. The molecule has 0 saturated carbocycles. The van der Waals surface area contributed by atoms with Crippen molar-refractivity contribution in [2.45, 2.75) is 11.8 Å². The Labute approximate surface area is 119 Å². The van der Waals surface area contributed by atoms with Gasteiger partial charge >= 0.3 is 0 Å². The van der Waals surface area contributed by atoms with E-state index in [1.54, 1.807) is 6.92 Å². The van der Waals surface area contributed by atoms with Crippen LogP contribution < -0.4 is 10.1 Å². The number of anilines is 1. The van der Waals surface area contributed by atoms with Gasteiger partial charge in [-0.25, -0.2) is 9.97 Å². The molecule has 1 unspecified atom stereocenters. The van der Waals surface area contributed by atoms with E-state index in [2.05, 4.69) is 31.2 Å². The lowest BCUT2D eigenvalue weighted by Gasteiger charge is -2.07. The first-order valence-electron chi connectivity index (χ1n) is 5.65. The van der Waals surface area contributed by atoms with Crippen molar-refractivity contribution in [1.82, 2.24) is 9.97 Å². The van der Waals surface area contributed by atoms with Crippen LogP contribution in [-0.2, 0) is 4.79 Å². The highest BCUT2D eigenvalue weighted by Gasteiger charge is 2.09. The molecule has 5 nitrogen and oxygen atoms in total. The summed E-state index contributed by atoms with van der Waals surface area (Å²) >= 11 is 3.17. The predicted octanol–water partition coefficient (Wildman–Crippen LogP) is 2.99. The number of amides is 1. The Kier molecular flexibility index (Phi) is 4.46. The second kappa shape index (κ2) is 6.29. The summed E-state index contributed by atoms with van der Waals surface area (Å²) in [6, 6.07) is 9.29. The van der Waals surface area contributed by atoms with E-state index in [-0.39, 0.29) is 10.7 Å². The van der Waals surface area contributed by atoms with E-state index < -0.39 is 0 Å². The molecule has 0 aliphatic heterocycles. The van der Waals surface area contributed by atoms with Crippen LogP contribution in [0.2, 0.25) is 0 Å². The van der Waals surface area contributed by atoms with Gasteiger partial charge in [-0.15, -0.1) is 0 Å². The fourth-order valence-corrected chi connectivity index (χ4v) is 1.38. The topological polar surface area (TPSA) is 64.1 Å². The number of halogens is 1. The zero-order chi connectivity index (χ0) is 13.7. The fourth-order valence-electron chi connectivity index (χ4n) is 1.27. The van der Waals surface area contributed by atoms with E-state index >= 15 is 0 Å². The molecule has 2 rings (SSSR count). The predicted molar refractivity (Wildman–Crippen MR) is 75.6 cm³/mol. The number of aromatic nitrogens is 2. The van der Waals surface area contributed by atoms with Gasteiger partial charge in [-0.05, 0) is 19.1 Å². The lowest BCUT2D eigenvalue weighted by Crippen LogP contribution is -2.20. The molecule has 0 saturated heterocycles. The van der Waals surface area contributed by atoms with E-state index in [4.69, 9.17) is 4.74 Å². The molecule has 19 heavy (non-hydrogen) atoms. The van der Waals surface area contributed by atoms with Crippen molar-refractivity contribution in [3.8, 4) is 11.6 Å². The average Bonchev–Trinajstić information content (AvgIpc) is 2.42. The first kappa shape index (κ1) is 13.5. The highest BCUT2D eigenvalue weighted by atomic mass is 79.9. The molecule has 1 aromatic heterocycles. The molecule has 1 heterocycles. The van der Waals surface area contributed by atoms with Crippen LogP contribution in [0.1, 0.15) is 6.92 Å². The van der Waals surface area contributed by atoms with Gasteiger partial charge in [0, 0.05) is 0 Å². The third-order valence-electron chi connectivity index (χ3n) is 2.21. The maximum absolute atomic E-state index is 11.4. The second-order valence-corrected chi connectivity index (χ2v) is 5.13. The van der Waals surface area contributed by atoms with Crippen molar-refractivity contribution in [2.24, 2.45) is 0 Å². The summed E-state index contributed by atoms with van der Waals surface area (Å²) in [4.78, 5) is 19.3. The van der Waals surface area contributed by atoms with Gasteiger partial charge < -0.3 is 10.1 Å².